The molecule has 0 spiro atoms. The lowest BCUT2D eigenvalue weighted by Crippen LogP contribution is -2.26. The highest BCUT2D eigenvalue weighted by atomic mass is 35.5. The number of halogens is 1. The van der Waals surface area contributed by atoms with Gasteiger partial charge in [-0.15, -0.1) is 6.42 Å². The summed E-state index contributed by atoms with van der Waals surface area (Å²) in [6.45, 7) is 0.820. The standard InChI is InChI=1S/C20H15ClN2O2S/c1-2-14-7-8-18-16(11-14)17(21)12-20(22-18)23-9-10-26(24,25)19-6-4-3-5-15(19)13-23/h1,3-8,11-12H,9-10,13H2. The number of benzene rings is 2. The fraction of sp³-hybridized carbons (Fsp3) is 0.150. The summed E-state index contributed by atoms with van der Waals surface area (Å²) < 4.78 is 25.1. The Hall–Kier alpha value is -2.55. The summed E-state index contributed by atoms with van der Waals surface area (Å²) in [7, 11) is -3.31. The van der Waals surface area contributed by atoms with E-state index in [2.05, 4.69) is 10.9 Å². The molecule has 0 aliphatic carbocycles. The molecule has 130 valence electrons. The normalized spacial score (nSPS) is 15.9. The van der Waals surface area contributed by atoms with Crippen LogP contribution in [0.3, 0.4) is 0 Å². The summed E-state index contributed by atoms with van der Waals surface area (Å²) >= 11 is 6.45. The zero-order chi connectivity index (χ0) is 18.3. The Balaban J connectivity index is 1.80. The van der Waals surface area contributed by atoms with E-state index in [0.717, 1.165) is 22.0 Å². The maximum absolute atomic E-state index is 12.5. The fourth-order valence-corrected chi connectivity index (χ4v) is 4.93. The second kappa shape index (κ2) is 6.31. The maximum atomic E-state index is 12.5. The van der Waals surface area contributed by atoms with Crippen molar-refractivity contribution in [2.24, 2.45) is 0 Å². The average molecular weight is 383 g/mol. The van der Waals surface area contributed by atoms with Crippen molar-refractivity contribution < 1.29 is 8.42 Å². The number of anilines is 1. The van der Waals surface area contributed by atoms with E-state index >= 15 is 0 Å². The predicted octanol–water partition coefficient (Wildman–Crippen LogP) is 3.66. The molecule has 1 aliphatic heterocycles. The summed E-state index contributed by atoms with van der Waals surface area (Å²) in [5.74, 6) is 3.28. The van der Waals surface area contributed by atoms with E-state index in [0.29, 0.717) is 28.8 Å². The van der Waals surface area contributed by atoms with E-state index in [9.17, 15) is 8.42 Å². The third-order valence-electron chi connectivity index (χ3n) is 4.53. The quantitative estimate of drug-likeness (QED) is 0.603. The number of rotatable bonds is 1. The molecule has 4 nitrogen and oxygen atoms in total. The van der Waals surface area contributed by atoms with Crippen LogP contribution >= 0.6 is 11.6 Å². The summed E-state index contributed by atoms with van der Waals surface area (Å²) in [5, 5.41) is 1.33. The van der Waals surface area contributed by atoms with Crippen LogP contribution in [-0.2, 0) is 16.4 Å². The first-order valence-electron chi connectivity index (χ1n) is 8.10. The minimum Gasteiger partial charge on any atom is -0.351 e. The van der Waals surface area contributed by atoms with Crippen molar-refractivity contribution in [3.05, 3.63) is 64.7 Å². The Labute approximate surface area is 157 Å². The van der Waals surface area contributed by atoms with Crippen LogP contribution in [0, 0.1) is 12.3 Å². The van der Waals surface area contributed by atoms with Crippen LogP contribution < -0.4 is 4.90 Å². The maximum Gasteiger partial charge on any atom is 0.180 e. The minimum atomic E-state index is -3.31. The fourth-order valence-electron chi connectivity index (χ4n) is 3.18. The Morgan fingerprint density at radius 1 is 1.15 bits per heavy atom. The van der Waals surface area contributed by atoms with Gasteiger partial charge in [0, 0.05) is 24.0 Å². The lowest BCUT2D eigenvalue weighted by atomic mass is 10.1. The smallest absolute Gasteiger partial charge is 0.180 e. The van der Waals surface area contributed by atoms with Crippen LogP contribution in [0.1, 0.15) is 11.1 Å². The molecule has 0 amide bonds. The third-order valence-corrected chi connectivity index (χ3v) is 6.64. The molecule has 1 aliphatic rings. The monoisotopic (exact) mass is 382 g/mol. The summed E-state index contributed by atoms with van der Waals surface area (Å²) in [6.07, 6.45) is 5.45. The van der Waals surface area contributed by atoms with E-state index in [1.54, 1.807) is 18.2 Å². The highest BCUT2D eigenvalue weighted by Gasteiger charge is 2.26. The van der Waals surface area contributed by atoms with Crippen molar-refractivity contribution in [2.75, 3.05) is 17.2 Å². The molecule has 4 rings (SSSR count). The molecule has 0 bridgehead atoms. The van der Waals surface area contributed by atoms with Crippen molar-refractivity contribution >= 4 is 38.2 Å². The molecule has 0 atom stereocenters. The molecular formula is C20H15ClN2O2S. The first kappa shape index (κ1) is 16.9. The summed E-state index contributed by atoms with van der Waals surface area (Å²) in [4.78, 5) is 7.02. The van der Waals surface area contributed by atoms with E-state index < -0.39 is 9.84 Å². The molecule has 0 fully saturated rings. The molecule has 6 heteroatoms. The van der Waals surface area contributed by atoms with Crippen LogP contribution in [0.15, 0.2) is 53.4 Å². The minimum absolute atomic E-state index is 0.0391. The van der Waals surface area contributed by atoms with Crippen molar-refractivity contribution in [2.45, 2.75) is 11.4 Å². The van der Waals surface area contributed by atoms with Gasteiger partial charge in [0.1, 0.15) is 5.82 Å². The number of terminal acetylenes is 1. The molecule has 2 heterocycles. The van der Waals surface area contributed by atoms with Gasteiger partial charge in [0.25, 0.3) is 0 Å². The van der Waals surface area contributed by atoms with Crippen molar-refractivity contribution in [3.8, 4) is 12.3 Å². The Morgan fingerprint density at radius 2 is 1.96 bits per heavy atom. The van der Waals surface area contributed by atoms with E-state index in [1.165, 1.54) is 0 Å². The summed E-state index contributed by atoms with van der Waals surface area (Å²) in [6, 6.07) is 14.4. The van der Waals surface area contributed by atoms with E-state index in [1.807, 2.05) is 35.2 Å². The molecule has 0 unspecified atom stereocenters. The van der Waals surface area contributed by atoms with Crippen LogP contribution in [-0.4, -0.2) is 25.7 Å². The largest absolute Gasteiger partial charge is 0.351 e. The van der Waals surface area contributed by atoms with Gasteiger partial charge < -0.3 is 4.90 Å². The molecule has 0 N–H and O–H groups in total. The van der Waals surface area contributed by atoms with Gasteiger partial charge in [-0.3, -0.25) is 0 Å². The van der Waals surface area contributed by atoms with Gasteiger partial charge >= 0.3 is 0 Å². The van der Waals surface area contributed by atoms with Gasteiger partial charge in [-0.1, -0.05) is 35.7 Å². The van der Waals surface area contributed by atoms with Crippen molar-refractivity contribution in [3.63, 3.8) is 0 Å². The summed E-state index contributed by atoms with van der Waals surface area (Å²) in [5.41, 5.74) is 2.24. The van der Waals surface area contributed by atoms with Crippen LogP contribution in [0.4, 0.5) is 5.82 Å². The molecule has 0 saturated carbocycles. The molecule has 0 saturated heterocycles. The molecule has 1 aromatic heterocycles. The first-order chi connectivity index (χ1) is 12.5. The van der Waals surface area contributed by atoms with Crippen LogP contribution in [0.25, 0.3) is 10.9 Å². The van der Waals surface area contributed by atoms with Gasteiger partial charge in [0.2, 0.25) is 0 Å². The van der Waals surface area contributed by atoms with Gasteiger partial charge in [0.15, 0.2) is 9.84 Å². The molecule has 26 heavy (non-hydrogen) atoms. The zero-order valence-corrected chi connectivity index (χ0v) is 15.4. The SMILES string of the molecule is C#Cc1ccc2nc(N3CCS(=O)(=O)c4ccccc4C3)cc(Cl)c2c1. The number of nitrogens with zero attached hydrogens (tertiary/aromatic N) is 2. The molecular weight excluding hydrogens is 368 g/mol. The lowest BCUT2D eigenvalue weighted by molar-refractivity contribution is 0.596. The highest BCUT2D eigenvalue weighted by Crippen LogP contribution is 2.30. The Morgan fingerprint density at radius 3 is 2.77 bits per heavy atom. The zero-order valence-electron chi connectivity index (χ0n) is 13.8. The Kier molecular flexibility index (Phi) is 4.10. The van der Waals surface area contributed by atoms with Crippen LogP contribution in [0.2, 0.25) is 5.02 Å². The number of pyridine rings is 1. The van der Waals surface area contributed by atoms with Crippen molar-refractivity contribution in [1.82, 2.24) is 4.98 Å². The van der Waals surface area contributed by atoms with Gasteiger partial charge in [-0.25, -0.2) is 13.4 Å². The van der Waals surface area contributed by atoms with Gasteiger partial charge in [0.05, 0.1) is 21.2 Å². The molecule has 2 aromatic carbocycles. The number of aromatic nitrogens is 1. The molecule has 0 radical (unpaired) electrons. The topological polar surface area (TPSA) is 50.3 Å². The van der Waals surface area contributed by atoms with E-state index in [-0.39, 0.29) is 5.75 Å². The second-order valence-corrected chi connectivity index (χ2v) is 8.67. The number of hydrogen-bond donors (Lipinski definition) is 0. The molecule has 3 aromatic rings. The van der Waals surface area contributed by atoms with Crippen LogP contribution in [0.5, 0.6) is 0 Å². The second-order valence-electron chi connectivity index (χ2n) is 6.19. The average Bonchev–Trinajstić information content (AvgIpc) is 2.78. The third kappa shape index (κ3) is 2.92. The van der Waals surface area contributed by atoms with E-state index in [4.69, 9.17) is 18.0 Å². The number of hydrogen-bond acceptors (Lipinski definition) is 4. The first-order valence-corrected chi connectivity index (χ1v) is 10.1. The predicted molar refractivity (Wildman–Crippen MR) is 104 cm³/mol. The lowest BCUT2D eigenvalue weighted by Gasteiger charge is -2.22. The highest BCUT2D eigenvalue weighted by molar-refractivity contribution is 7.91. The van der Waals surface area contributed by atoms with Gasteiger partial charge in [-0.05, 0) is 35.9 Å². The number of fused-ring (bicyclic) bond motifs is 2. The number of sulfone groups is 1. The van der Waals surface area contributed by atoms with Gasteiger partial charge in [-0.2, -0.15) is 0 Å². The van der Waals surface area contributed by atoms with Crippen molar-refractivity contribution in [1.29, 1.82) is 0 Å². The Bertz CT molecular complexity index is 1170.